The van der Waals surface area contributed by atoms with Crippen LogP contribution < -0.4 is 5.73 Å². The zero-order chi connectivity index (χ0) is 11.9. The van der Waals surface area contributed by atoms with Crippen molar-refractivity contribution < 1.29 is 13.2 Å². The number of nitrogens with two attached hydrogens (primary N) is 1. The molecule has 1 aromatic carbocycles. The predicted octanol–water partition coefficient (Wildman–Crippen LogP) is 2.99. The lowest BCUT2D eigenvalue weighted by molar-refractivity contribution is 0.494. The van der Waals surface area contributed by atoms with Gasteiger partial charge in [0.15, 0.2) is 11.4 Å². The van der Waals surface area contributed by atoms with Gasteiger partial charge in [0, 0.05) is 22.6 Å². The summed E-state index contributed by atoms with van der Waals surface area (Å²) in [5.41, 5.74) is 5.78. The minimum Gasteiger partial charge on any atom is -0.461 e. The quantitative estimate of drug-likeness (QED) is 0.853. The summed E-state index contributed by atoms with van der Waals surface area (Å²) >= 11 is 0. The Balaban J connectivity index is 2.64. The first-order chi connectivity index (χ1) is 7.38. The predicted molar refractivity (Wildman–Crippen MR) is 58.1 cm³/mol. The molecular formula is C12H13F2NO. The van der Waals surface area contributed by atoms with E-state index in [1.54, 1.807) is 19.9 Å². The average molecular weight is 225 g/mol. The Labute approximate surface area is 92.0 Å². The number of halogens is 2. The number of hydrogen-bond acceptors (Lipinski definition) is 2. The van der Waals surface area contributed by atoms with Gasteiger partial charge in [-0.3, -0.25) is 0 Å². The van der Waals surface area contributed by atoms with Crippen LogP contribution in [0.4, 0.5) is 8.78 Å². The molecule has 2 rings (SSSR count). The molecule has 2 aromatic rings. The molecule has 0 radical (unpaired) electrons. The minimum absolute atomic E-state index is 0.0839. The van der Waals surface area contributed by atoms with E-state index in [-0.39, 0.29) is 5.58 Å². The fraction of sp³-hybridized carbons (Fsp3) is 0.333. The van der Waals surface area contributed by atoms with Gasteiger partial charge in [-0.25, -0.2) is 8.78 Å². The molecule has 0 atom stereocenters. The van der Waals surface area contributed by atoms with E-state index < -0.39 is 17.2 Å². The monoisotopic (exact) mass is 225 g/mol. The number of hydrogen-bond donors (Lipinski definition) is 1. The minimum atomic E-state index is -0.684. The van der Waals surface area contributed by atoms with Gasteiger partial charge in [0.05, 0.1) is 6.26 Å². The van der Waals surface area contributed by atoms with Crippen LogP contribution in [0.1, 0.15) is 19.4 Å². The maximum Gasteiger partial charge on any atom is 0.169 e. The van der Waals surface area contributed by atoms with Crippen molar-refractivity contribution in [3.63, 3.8) is 0 Å². The highest BCUT2D eigenvalue weighted by Crippen LogP contribution is 2.28. The third-order valence-electron chi connectivity index (χ3n) is 2.38. The standard InChI is InChI=1S/C12H13F2NO/c1-12(2,15)6-8-7-3-4-16-11(7)10(14)5-9(8)13/h3-5H,6,15H2,1-2H3. The molecule has 4 heteroatoms. The maximum absolute atomic E-state index is 13.7. The van der Waals surface area contributed by atoms with Crippen LogP contribution in [0.15, 0.2) is 22.8 Å². The number of furan rings is 1. The molecule has 0 bridgehead atoms. The summed E-state index contributed by atoms with van der Waals surface area (Å²) in [6.45, 7) is 3.59. The Morgan fingerprint density at radius 3 is 2.62 bits per heavy atom. The lowest BCUT2D eigenvalue weighted by Crippen LogP contribution is -2.34. The first-order valence-corrected chi connectivity index (χ1v) is 5.01. The number of fused-ring (bicyclic) bond motifs is 1. The highest BCUT2D eigenvalue weighted by atomic mass is 19.1. The van der Waals surface area contributed by atoms with Crippen LogP contribution in [0.5, 0.6) is 0 Å². The summed E-state index contributed by atoms with van der Waals surface area (Å²) in [4.78, 5) is 0. The van der Waals surface area contributed by atoms with E-state index in [0.29, 0.717) is 17.4 Å². The zero-order valence-electron chi connectivity index (χ0n) is 9.18. The van der Waals surface area contributed by atoms with Crippen molar-refractivity contribution in [1.29, 1.82) is 0 Å². The summed E-state index contributed by atoms with van der Waals surface area (Å²) in [6.07, 6.45) is 1.68. The van der Waals surface area contributed by atoms with Gasteiger partial charge in [-0.15, -0.1) is 0 Å². The Bertz CT molecular complexity index is 526. The van der Waals surface area contributed by atoms with Crippen molar-refractivity contribution in [3.05, 3.63) is 35.6 Å². The Morgan fingerprint density at radius 2 is 2.00 bits per heavy atom. The van der Waals surface area contributed by atoms with E-state index in [4.69, 9.17) is 10.2 Å². The van der Waals surface area contributed by atoms with E-state index in [9.17, 15) is 8.78 Å². The third-order valence-corrected chi connectivity index (χ3v) is 2.38. The number of rotatable bonds is 2. The fourth-order valence-electron chi connectivity index (χ4n) is 1.76. The third kappa shape index (κ3) is 1.93. The molecular weight excluding hydrogens is 212 g/mol. The molecule has 1 aromatic heterocycles. The molecule has 0 aliphatic heterocycles. The summed E-state index contributed by atoms with van der Waals surface area (Å²) in [7, 11) is 0. The molecule has 0 aliphatic carbocycles. The van der Waals surface area contributed by atoms with Gasteiger partial charge in [0.1, 0.15) is 5.82 Å². The Kier molecular flexibility index (Phi) is 2.46. The van der Waals surface area contributed by atoms with Gasteiger partial charge in [-0.2, -0.15) is 0 Å². The van der Waals surface area contributed by atoms with E-state index in [0.717, 1.165) is 6.07 Å². The second-order valence-corrected chi connectivity index (χ2v) is 4.65. The summed E-state index contributed by atoms with van der Waals surface area (Å²) in [5.74, 6) is -1.26. The summed E-state index contributed by atoms with van der Waals surface area (Å²) in [5, 5.41) is 0.455. The van der Waals surface area contributed by atoms with Crippen molar-refractivity contribution in [3.8, 4) is 0 Å². The molecule has 16 heavy (non-hydrogen) atoms. The van der Waals surface area contributed by atoms with Crippen LogP contribution >= 0.6 is 0 Å². The van der Waals surface area contributed by atoms with Gasteiger partial charge in [0.2, 0.25) is 0 Å². The van der Waals surface area contributed by atoms with Crippen LogP contribution in [0.2, 0.25) is 0 Å². The summed E-state index contributed by atoms with van der Waals surface area (Å²) in [6, 6.07) is 2.40. The molecule has 1 heterocycles. The number of benzene rings is 1. The summed E-state index contributed by atoms with van der Waals surface area (Å²) < 4.78 is 32.0. The van der Waals surface area contributed by atoms with Crippen molar-refractivity contribution >= 4 is 11.0 Å². The zero-order valence-corrected chi connectivity index (χ0v) is 9.18. The van der Waals surface area contributed by atoms with Crippen molar-refractivity contribution in [1.82, 2.24) is 0 Å². The van der Waals surface area contributed by atoms with Gasteiger partial charge >= 0.3 is 0 Å². The van der Waals surface area contributed by atoms with Crippen LogP contribution in [-0.2, 0) is 6.42 Å². The van der Waals surface area contributed by atoms with Crippen molar-refractivity contribution in [2.75, 3.05) is 0 Å². The first-order valence-electron chi connectivity index (χ1n) is 5.01. The van der Waals surface area contributed by atoms with E-state index in [2.05, 4.69) is 0 Å². The van der Waals surface area contributed by atoms with Crippen LogP contribution in [0.3, 0.4) is 0 Å². The molecule has 0 unspecified atom stereocenters. The van der Waals surface area contributed by atoms with Crippen LogP contribution in [-0.4, -0.2) is 5.54 Å². The molecule has 0 fully saturated rings. The average Bonchev–Trinajstić information content (AvgIpc) is 2.59. The molecule has 0 aliphatic rings. The van der Waals surface area contributed by atoms with Gasteiger partial charge < -0.3 is 10.2 Å². The molecule has 0 spiro atoms. The van der Waals surface area contributed by atoms with E-state index in [1.807, 2.05) is 0 Å². The topological polar surface area (TPSA) is 39.2 Å². The maximum atomic E-state index is 13.7. The lowest BCUT2D eigenvalue weighted by atomic mass is 9.93. The second kappa shape index (κ2) is 3.56. The van der Waals surface area contributed by atoms with Gasteiger partial charge in [0.25, 0.3) is 0 Å². The van der Waals surface area contributed by atoms with E-state index in [1.165, 1.54) is 6.26 Å². The molecule has 0 saturated heterocycles. The smallest absolute Gasteiger partial charge is 0.169 e. The molecule has 2 N–H and O–H groups in total. The molecule has 0 saturated carbocycles. The Hall–Kier alpha value is -1.42. The fourth-order valence-corrected chi connectivity index (χ4v) is 1.76. The van der Waals surface area contributed by atoms with Crippen LogP contribution in [0, 0.1) is 11.6 Å². The van der Waals surface area contributed by atoms with Crippen LogP contribution in [0.25, 0.3) is 11.0 Å². The van der Waals surface area contributed by atoms with E-state index >= 15 is 0 Å². The largest absolute Gasteiger partial charge is 0.461 e. The van der Waals surface area contributed by atoms with Crippen molar-refractivity contribution in [2.24, 2.45) is 5.73 Å². The molecule has 86 valence electrons. The van der Waals surface area contributed by atoms with Crippen molar-refractivity contribution in [2.45, 2.75) is 25.8 Å². The highest BCUT2D eigenvalue weighted by Gasteiger charge is 2.20. The SMILES string of the molecule is CC(C)(N)Cc1c(F)cc(F)c2occc12. The normalized spacial score (nSPS) is 12.3. The lowest BCUT2D eigenvalue weighted by Gasteiger charge is -2.19. The molecule has 0 amide bonds. The highest BCUT2D eigenvalue weighted by molar-refractivity contribution is 5.81. The molecule has 2 nitrogen and oxygen atoms in total. The van der Waals surface area contributed by atoms with Gasteiger partial charge in [-0.1, -0.05) is 0 Å². The Morgan fingerprint density at radius 1 is 1.31 bits per heavy atom. The first kappa shape index (κ1) is 11.1. The second-order valence-electron chi connectivity index (χ2n) is 4.65. The van der Waals surface area contributed by atoms with Gasteiger partial charge in [-0.05, 0) is 26.3 Å².